The normalized spacial score (nSPS) is 12.6. The van der Waals surface area contributed by atoms with Crippen molar-refractivity contribution in [3.63, 3.8) is 0 Å². The number of benzene rings is 1. The largest absolute Gasteiger partial charge is 0.309 e. The van der Waals surface area contributed by atoms with Crippen molar-refractivity contribution in [1.82, 2.24) is 15.1 Å². The molecule has 0 saturated heterocycles. The first-order valence-electron chi connectivity index (χ1n) is 6.50. The quantitative estimate of drug-likeness (QED) is 0.875. The van der Waals surface area contributed by atoms with E-state index in [1.165, 1.54) is 11.3 Å². The fraction of sp³-hybridized carbons (Fsp3) is 0.400. The second-order valence-electron chi connectivity index (χ2n) is 4.63. The summed E-state index contributed by atoms with van der Waals surface area (Å²) >= 11 is 0. The summed E-state index contributed by atoms with van der Waals surface area (Å²) in [6.07, 6.45) is 0. The van der Waals surface area contributed by atoms with E-state index in [0.29, 0.717) is 6.04 Å². The molecule has 1 heterocycles. The molecule has 1 N–H and O–H groups in total. The fourth-order valence-corrected chi connectivity index (χ4v) is 2.25. The number of nitrogens with zero attached hydrogens (tertiary/aromatic N) is 2. The third kappa shape index (κ3) is 2.99. The molecule has 1 unspecified atom stereocenters. The van der Waals surface area contributed by atoms with Crippen LogP contribution in [0.3, 0.4) is 0 Å². The lowest BCUT2D eigenvalue weighted by Crippen LogP contribution is -2.26. The van der Waals surface area contributed by atoms with E-state index in [0.717, 1.165) is 18.8 Å². The average Bonchev–Trinajstić information content (AvgIpc) is 2.68. The highest BCUT2D eigenvalue weighted by atomic mass is 15.3. The van der Waals surface area contributed by atoms with Crippen LogP contribution in [0.2, 0.25) is 0 Å². The van der Waals surface area contributed by atoms with Crippen LogP contribution in [-0.2, 0) is 6.54 Å². The topological polar surface area (TPSA) is 29.9 Å². The number of rotatable bonds is 5. The minimum atomic E-state index is 0.314. The van der Waals surface area contributed by atoms with Gasteiger partial charge < -0.3 is 5.32 Å². The van der Waals surface area contributed by atoms with E-state index in [4.69, 9.17) is 0 Å². The van der Waals surface area contributed by atoms with Crippen molar-refractivity contribution < 1.29 is 0 Å². The van der Waals surface area contributed by atoms with Crippen molar-refractivity contribution in [3.8, 4) is 0 Å². The van der Waals surface area contributed by atoms with Crippen LogP contribution < -0.4 is 5.32 Å². The van der Waals surface area contributed by atoms with Crippen LogP contribution in [0, 0.1) is 13.8 Å². The number of aryl methyl sites for hydroxylation is 2. The first-order chi connectivity index (χ1) is 8.70. The Morgan fingerprint density at radius 2 is 1.94 bits per heavy atom. The van der Waals surface area contributed by atoms with Gasteiger partial charge >= 0.3 is 0 Å². The summed E-state index contributed by atoms with van der Waals surface area (Å²) in [4.78, 5) is 0. The smallest absolute Gasteiger partial charge is 0.0607 e. The lowest BCUT2D eigenvalue weighted by atomic mass is 10.1. The minimum absolute atomic E-state index is 0.314. The Kier molecular flexibility index (Phi) is 4.15. The molecule has 0 amide bonds. The van der Waals surface area contributed by atoms with Crippen molar-refractivity contribution in [2.75, 3.05) is 6.54 Å². The fourth-order valence-electron chi connectivity index (χ4n) is 2.25. The van der Waals surface area contributed by atoms with Gasteiger partial charge in [-0.1, -0.05) is 37.3 Å². The Balaban J connectivity index is 2.19. The maximum atomic E-state index is 4.53. The molecule has 0 radical (unpaired) electrons. The van der Waals surface area contributed by atoms with Gasteiger partial charge in [0.25, 0.3) is 0 Å². The SMILES string of the molecule is CCNC(Cn1nc(C)cc1C)c1ccccc1. The van der Waals surface area contributed by atoms with E-state index in [2.05, 4.69) is 65.3 Å². The highest BCUT2D eigenvalue weighted by Crippen LogP contribution is 2.16. The molecule has 1 aromatic carbocycles. The van der Waals surface area contributed by atoms with Gasteiger partial charge in [0.1, 0.15) is 0 Å². The van der Waals surface area contributed by atoms with E-state index < -0.39 is 0 Å². The lowest BCUT2D eigenvalue weighted by Gasteiger charge is -2.19. The Bertz CT molecular complexity index is 488. The van der Waals surface area contributed by atoms with Crippen molar-refractivity contribution in [2.45, 2.75) is 33.4 Å². The van der Waals surface area contributed by atoms with E-state index in [9.17, 15) is 0 Å². The van der Waals surface area contributed by atoms with Crippen LogP contribution in [0.5, 0.6) is 0 Å². The van der Waals surface area contributed by atoms with Gasteiger partial charge in [-0.25, -0.2) is 0 Å². The van der Waals surface area contributed by atoms with E-state index >= 15 is 0 Å². The molecule has 2 rings (SSSR count). The van der Waals surface area contributed by atoms with Crippen molar-refractivity contribution in [1.29, 1.82) is 0 Å². The molecule has 1 atom stereocenters. The molecule has 0 aliphatic carbocycles. The maximum absolute atomic E-state index is 4.53. The van der Waals surface area contributed by atoms with Gasteiger partial charge in [0, 0.05) is 5.69 Å². The van der Waals surface area contributed by atoms with Gasteiger partial charge in [-0.05, 0) is 32.0 Å². The first-order valence-corrected chi connectivity index (χ1v) is 6.50. The summed E-state index contributed by atoms with van der Waals surface area (Å²) in [5.41, 5.74) is 3.61. The molecule has 18 heavy (non-hydrogen) atoms. The Morgan fingerprint density at radius 1 is 1.22 bits per heavy atom. The van der Waals surface area contributed by atoms with Crippen molar-refractivity contribution >= 4 is 0 Å². The zero-order valence-corrected chi connectivity index (χ0v) is 11.4. The predicted molar refractivity (Wildman–Crippen MR) is 74.6 cm³/mol. The molecule has 3 heteroatoms. The van der Waals surface area contributed by atoms with Gasteiger partial charge in [-0.15, -0.1) is 0 Å². The summed E-state index contributed by atoms with van der Waals surface area (Å²) in [5, 5.41) is 8.06. The highest BCUT2D eigenvalue weighted by Gasteiger charge is 2.12. The number of likely N-dealkylation sites (N-methyl/N-ethyl adjacent to an activating group) is 1. The monoisotopic (exact) mass is 243 g/mol. The zero-order valence-electron chi connectivity index (χ0n) is 11.4. The number of aromatic nitrogens is 2. The summed E-state index contributed by atoms with van der Waals surface area (Å²) in [5.74, 6) is 0. The molecule has 0 bridgehead atoms. The van der Waals surface area contributed by atoms with Crippen LogP contribution in [0.25, 0.3) is 0 Å². The maximum Gasteiger partial charge on any atom is 0.0607 e. The molecular weight excluding hydrogens is 222 g/mol. The first kappa shape index (κ1) is 12.8. The van der Waals surface area contributed by atoms with E-state index in [1.807, 2.05) is 6.92 Å². The van der Waals surface area contributed by atoms with E-state index in [-0.39, 0.29) is 0 Å². The van der Waals surface area contributed by atoms with Crippen LogP contribution in [0.15, 0.2) is 36.4 Å². The second-order valence-corrected chi connectivity index (χ2v) is 4.63. The summed E-state index contributed by atoms with van der Waals surface area (Å²) in [6.45, 7) is 8.11. The number of nitrogens with one attached hydrogen (secondary N) is 1. The lowest BCUT2D eigenvalue weighted by molar-refractivity contribution is 0.441. The molecular formula is C15H21N3. The summed E-state index contributed by atoms with van der Waals surface area (Å²) in [7, 11) is 0. The van der Waals surface area contributed by atoms with E-state index in [1.54, 1.807) is 0 Å². The Hall–Kier alpha value is -1.61. The second kappa shape index (κ2) is 5.83. The Morgan fingerprint density at radius 3 is 2.50 bits per heavy atom. The zero-order chi connectivity index (χ0) is 13.0. The minimum Gasteiger partial charge on any atom is -0.309 e. The summed E-state index contributed by atoms with van der Waals surface area (Å²) in [6, 6.07) is 13.0. The van der Waals surface area contributed by atoms with Crippen molar-refractivity contribution in [2.24, 2.45) is 0 Å². The molecule has 1 aromatic heterocycles. The predicted octanol–water partition coefficient (Wildman–Crippen LogP) is 2.85. The third-order valence-electron chi connectivity index (χ3n) is 3.11. The highest BCUT2D eigenvalue weighted by molar-refractivity contribution is 5.19. The molecule has 0 saturated carbocycles. The standard InChI is InChI=1S/C15H21N3/c1-4-16-15(14-8-6-5-7-9-14)11-18-13(3)10-12(2)17-18/h5-10,15-16H,4,11H2,1-3H3. The average molecular weight is 243 g/mol. The van der Waals surface area contributed by atoms with Crippen molar-refractivity contribution in [3.05, 3.63) is 53.3 Å². The molecule has 0 aliphatic heterocycles. The van der Waals surface area contributed by atoms with Crippen LogP contribution in [0.1, 0.15) is 29.9 Å². The van der Waals surface area contributed by atoms with Crippen LogP contribution in [0.4, 0.5) is 0 Å². The molecule has 0 spiro atoms. The number of hydrogen-bond donors (Lipinski definition) is 1. The van der Waals surface area contributed by atoms with Gasteiger partial charge in [0.2, 0.25) is 0 Å². The van der Waals surface area contributed by atoms with Gasteiger partial charge in [-0.2, -0.15) is 5.10 Å². The van der Waals surface area contributed by atoms with Gasteiger partial charge in [0.15, 0.2) is 0 Å². The van der Waals surface area contributed by atoms with Crippen LogP contribution in [-0.4, -0.2) is 16.3 Å². The Labute approximate surface area is 109 Å². The van der Waals surface area contributed by atoms with Gasteiger partial charge in [-0.3, -0.25) is 4.68 Å². The molecule has 2 aromatic rings. The van der Waals surface area contributed by atoms with Gasteiger partial charge in [0.05, 0.1) is 18.3 Å². The molecule has 0 fully saturated rings. The molecule has 0 aliphatic rings. The van der Waals surface area contributed by atoms with Crippen LogP contribution >= 0.6 is 0 Å². The molecule has 96 valence electrons. The number of hydrogen-bond acceptors (Lipinski definition) is 2. The third-order valence-corrected chi connectivity index (χ3v) is 3.11. The molecule has 3 nitrogen and oxygen atoms in total. The summed E-state index contributed by atoms with van der Waals surface area (Å²) < 4.78 is 2.08.